The number of hydrogen-bond donors (Lipinski definition) is 1. The molecule has 0 radical (unpaired) electrons. The molecule has 9 heteroatoms. The summed E-state index contributed by atoms with van der Waals surface area (Å²) in [5, 5.41) is 6.07. The molecule has 3 amide bonds. The van der Waals surface area contributed by atoms with Crippen LogP contribution in [0.15, 0.2) is 47.0 Å². The summed E-state index contributed by atoms with van der Waals surface area (Å²) in [5.74, 6) is -1.64. The van der Waals surface area contributed by atoms with Crippen LogP contribution in [0.3, 0.4) is 0 Å². The van der Waals surface area contributed by atoms with E-state index in [0.717, 1.165) is 0 Å². The van der Waals surface area contributed by atoms with Gasteiger partial charge in [-0.3, -0.25) is 19.3 Å². The van der Waals surface area contributed by atoms with Crippen molar-refractivity contribution in [2.75, 3.05) is 16.8 Å². The Balaban J connectivity index is 1.38. The van der Waals surface area contributed by atoms with Gasteiger partial charge in [-0.05, 0) is 43.5 Å². The zero-order valence-electron chi connectivity index (χ0n) is 17.0. The standard InChI is InChI=1S/C22H21N3O6/c1-12-4-3-5-16-19(12)21(28)25(20(16)27)15-8-6-14(7-9-15)22(29)30-11-18(26)23-17-10-13(2)31-24-17/h3-4,6-10,12,16,19H,5,11H2,1-2H3,(H,23,24,26)/t12-,16-,19+/m1/s1. The SMILES string of the molecule is Cc1cc(NC(=O)COC(=O)c2ccc(N3C(=O)[C@H]4[C@H](C)C=CC[C@H]4C3=O)cc2)no1. The molecule has 160 valence electrons. The van der Waals surface area contributed by atoms with Gasteiger partial charge < -0.3 is 14.6 Å². The van der Waals surface area contributed by atoms with Gasteiger partial charge in [0.2, 0.25) is 11.8 Å². The smallest absolute Gasteiger partial charge is 0.338 e. The fourth-order valence-corrected chi connectivity index (χ4v) is 3.97. The third kappa shape index (κ3) is 3.98. The maximum atomic E-state index is 12.8. The molecule has 9 nitrogen and oxygen atoms in total. The molecule has 3 atom stereocenters. The molecule has 0 unspecified atom stereocenters. The number of amides is 3. The Morgan fingerprint density at radius 2 is 1.97 bits per heavy atom. The fraction of sp³-hybridized carbons (Fsp3) is 0.318. The number of benzene rings is 1. The van der Waals surface area contributed by atoms with Crippen molar-refractivity contribution in [3.63, 3.8) is 0 Å². The topological polar surface area (TPSA) is 119 Å². The van der Waals surface area contributed by atoms with E-state index in [2.05, 4.69) is 10.5 Å². The van der Waals surface area contributed by atoms with Gasteiger partial charge in [-0.1, -0.05) is 24.2 Å². The molecule has 0 saturated carbocycles. The van der Waals surface area contributed by atoms with Gasteiger partial charge in [0.15, 0.2) is 12.4 Å². The first-order valence-electron chi connectivity index (χ1n) is 9.90. The zero-order valence-corrected chi connectivity index (χ0v) is 17.0. The average Bonchev–Trinajstić information content (AvgIpc) is 3.27. The van der Waals surface area contributed by atoms with E-state index in [1.165, 1.54) is 35.2 Å². The molecule has 4 rings (SSSR count). The second-order valence-electron chi connectivity index (χ2n) is 7.66. The minimum absolute atomic E-state index is 0.00163. The number of hydrogen-bond acceptors (Lipinski definition) is 7. The van der Waals surface area contributed by atoms with Crippen molar-refractivity contribution in [2.24, 2.45) is 17.8 Å². The number of carbonyl (C=O) groups is 4. The van der Waals surface area contributed by atoms with Crippen molar-refractivity contribution in [1.82, 2.24) is 5.16 Å². The van der Waals surface area contributed by atoms with E-state index in [0.29, 0.717) is 17.9 Å². The molecular weight excluding hydrogens is 402 g/mol. The van der Waals surface area contributed by atoms with Gasteiger partial charge in [-0.15, -0.1) is 0 Å². The number of ether oxygens (including phenoxy) is 1. The Bertz CT molecular complexity index is 1070. The number of rotatable bonds is 5. The van der Waals surface area contributed by atoms with E-state index in [9.17, 15) is 19.2 Å². The molecule has 1 fully saturated rings. The summed E-state index contributed by atoms with van der Waals surface area (Å²) in [4.78, 5) is 50.9. The number of imide groups is 1. The van der Waals surface area contributed by atoms with Crippen LogP contribution in [-0.2, 0) is 19.1 Å². The summed E-state index contributed by atoms with van der Waals surface area (Å²) in [7, 11) is 0. The molecular formula is C22H21N3O6. The summed E-state index contributed by atoms with van der Waals surface area (Å²) in [6, 6.07) is 7.51. The van der Waals surface area contributed by atoms with Gasteiger partial charge in [-0.2, -0.15) is 0 Å². The number of esters is 1. The normalized spacial score (nSPS) is 22.4. The van der Waals surface area contributed by atoms with Gasteiger partial charge in [0.05, 0.1) is 23.1 Å². The van der Waals surface area contributed by atoms with Crippen LogP contribution in [0, 0.1) is 24.7 Å². The van der Waals surface area contributed by atoms with Crippen molar-refractivity contribution in [2.45, 2.75) is 20.3 Å². The molecule has 2 aromatic rings. The second-order valence-corrected chi connectivity index (χ2v) is 7.66. The minimum Gasteiger partial charge on any atom is -0.452 e. The first kappa shape index (κ1) is 20.5. The first-order chi connectivity index (χ1) is 14.8. The lowest BCUT2D eigenvalue weighted by Gasteiger charge is -2.22. The Labute approximate surface area is 178 Å². The van der Waals surface area contributed by atoms with Crippen LogP contribution < -0.4 is 10.2 Å². The highest BCUT2D eigenvalue weighted by molar-refractivity contribution is 6.22. The predicted molar refractivity (Wildman–Crippen MR) is 109 cm³/mol. The van der Waals surface area contributed by atoms with E-state index in [1.54, 1.807) is 6.92 Å². The van der Waals surface area contributed by atoms with Gasteiger partial charge in [0.25, 0.3) is 5.91 Å². The molecule has 31 heavy (non-hydrogen) atoms. The lowest BCUT2D eigenvalue weighted by molar-refractivity contribution is -0.123. The summed E-state index contributed by atoms with van der Waals surface area (Å²) in [5.41, 5.74) is 0.604. The molecule has 1 N–H and O–H groups in total. The summed E-state index contributed by atoms with van der Waals surface area (Å²) >= 11 is 0. The molecule has 2 heterocycles. The van der Waals surface area contributed by atoms with Gasteiger partial charge in [-0.25, -0.2) is 4.79 Å². The highest BCUT2D eigenvalue weighted by atomic mass is 16.5. The quantitative estimate of drug-likeness (QED) is 0.446. The predicted octanol–water partition coefficient (Wildman–Crippen LogP) is 2.48. The molecule has 2 aliphatic rings. The maximum absolute atomic E-state index is 12.8. The van der Waals surface area contributed by atoms with E-state index in [4.69, 9.17) is 9.26 Å². The monoisotopic (exact) mass is 423 g/mol. The Morgan fingerprint density at radius 1 is 1.23 bits per heavy atom. The first-order valence-corrected chi connectivity index (χ1v) is 9.90. The van der Waals surface area contributed by atoms with Crippen LogP contribution >= 0.6 is 0 Å². The second kappa shape index (κ2) is 8.17. The third-order valence-electron chi connectivity index (χ3n) is 5.46. The fourth-order valence-electron chi connectivity index (χ4n) is 3.97. The van der Waals surface area contributed by atoms with Gasteiger partial charge in [0.1, 0.15) is 5.76 Å². The molecule has 1 aliphatic carbocycles. The lowest BCUT2D eigenvalue weighted by atomic mass is 9.78. The summed E-state index contributed by atoms with van der Waals surface area (Å²) < 4.78 is 9.84. The highest BCUT2D eigenvalue weighted by Gasteiger charge is 2.50. The summed E-state index contributed by atoms with van der Waals surface area (Å²) in [6.45, 7) is 3.12. The van der Waals surface area contributed by atoms with Crippen LogP contribution in [-0.4, -0.2) is 35.5 Å². The Hall–Kier alpha value is -3.75. The maximum Gasteiger partial charge on any atom is 0.338 e. The lowest BCUT2D eigenvalue weighted by Crippen LogP contribution is -2.31. The molecule has 0 bridgehead atoms. The van der Waals surface area contributed by atoms with E-state index in [1.807, 2.05) is 19.1 Å². The summed E-state index contributed by atoms with van der Waals surface area (Å²) in [6.07, 6.45) is 4.46. The third-order valence-corrected chi connectivity index (χ3v) is 5.46. The number of allylic oxidation sites excluding steroid dienone is 2. The van der Waals surface area contributed by atoms with Crippen LogP contribution in [0.1, 0.15) is 29.5 Å². The zero-order chi connectivity index (χ0) is 22.1. The highest BCUT2D eigenvalue weighted by Crippen LogP contribution is 2.40. The van der Waals surface area contributed by atoms with Crippen molar-refractivity contribution < 1.29 is 28.4 Å². The van der Waals surface area contributed by atoms with Crippen LogP contribution in [0.25, 0.3) is 0 Å². The van der Waals surface area contributed by atoms with Crippen molar-refractivity contribution in [3.8, 4) is 0 Å². The number of nitrogens with one attached hydrogen (secondary N) is 1. The molecule has 1 saturated heterocycles. The van der Waals surface area contributed by atoms with E-state index < -0.39 is 18.5 Å². The molecule has 1 aromatic heterocycles. The van der Waals surface area contributed by atoms with Crippen LogP contribution in [0.2, 0.25) is 0 Å². The molecule has 1 aromatic carbocycles. The van der Waals surface area contributed by atoms with Crippen molar-refractivity contribution in [3.05, 3.63) is 53.8 Å². The number of anilines is 2. The Morgan fingerprint density at radius 3 is 2.61 bits per heavy atom. The van der Waals surface area contributed by atoms with Crippen LogP contribution in [0.4, 0.5) is 11.5 Å². The largest absolute Gasteiger partial charge is 0.452 e. The van der Waals surface area contributed by atoms with Crippen molar-refractivity contribution >= 4 is 35.2 Å². The van der Waals surface area contributed by atoms with Gasteiger partial charge in [0, 0.05) is 6.07 Å². The number of carbonyl (C=O) groups excluding carboxylic acids is 4. The van der Waals surface area contributed by atoms with E-state index in [-0.39, 0.29) is 40.9 Å². The number of aromatic nitrogens is 1. The van der Waals surface area contributed by atoms with Crippen molar-refractivity contribution in [1.29, 1.82) is 0 Å². The number of nitrogens with zero attached hydrogens (tertiary/aromatic N) is 2. The minimum atomic E-state index is -0.705. The molecule has 0 spiro atoms. The van der Waals surface area contributed by atoms with Gasteiger partial charge >= 0.3 is 5.97 Å². The average molecular weight is 423 g/mol. The van der Waals surface area contributed by atoms with E-state index >= 15 is 0 Å². The number of aryl methyl sites for hydroxylation is 1. The van der Waals surface area contributed by atoms with Crippen LogP contribution in [0.5, 0.6) is 0 Å². The molecule has 1 aliphatic heterocycles. The Kier molecular flexibility index (Phi) is 5.41. The number of fused-ring (bicyclic) bond motifs is 1.